The van der Waals surface area contributed by atoms with Gasteiger partial charge in [-0.05, 0) is 31.2 Å². The van der Waals surface area contributed by atoms with Crippen LogP contribution < -0.4 is 5.73 Å². The lowest BCUT2D eigenvalue weighted by Crippen LogP contribution is -2.21. The molecule has 0 aromatic heterocycles. The fraction of sp³-hybridized carbons (Fsp3) is 0.909. The van der Waals surface area contributed by atoms with Gasteiger partial charge in [-0.3, -0.25) is 4.79 Å². The molecule has 0 saturated carbocycles. The zero-order valence-corrected chi connectivity index (χ0v) is 9.55. The van der Waals surface area contributed by atoms with Gasteiger partial charge in [0.25, 0.3) is 0 Å². The second-order valence-corrected chi connectivity index (χ2v) is 5.08. The Morgan fingerprint density at radius 1 is 1.36 bits per heavy atom. The van der Waals surface area contributed by atoms with Crippen molar-refractivity contribution in [1.29, 1.82) is 0 Å². The van der Waals surface area contributed by atoms with Gasteiger partial charge in [0.2, 0.25) is 0 Å². The third-order valence-corrected chi connectivity index (χ3v) is 2.21. The number of carboxylic acids is 1. The molecule has 0 aromatic carbocycles. The summed E-state index contributed by atoms with van der Waals surface area (Å²) in [7, 11) is 0. The van der Waals surface area contributed by atoms with Crippen LogP contribution in [-0.2, 0) is 4.79 Å². The minimum absolute atomic E-state index is 0.0891. The quantitative estimate of drug-likeness (QED) is 0.648. The van der Waals surface area contributed by atoms with E-state index >= 15 is 0 Å². The van der Waals surface area contributed by atoms with Gasteiger partial charge in [-0.15, -0.1) is 0 Å². The topological polar surface area (TPSA) is 63.3 Å². The Kier molecular flexibility index (Phi) is 5.77. The van der Waals surface area contributed by atoms with E-state index in [1.807, 2.05) is 0 Å². The number of aliphatic carboxylic acids is 1. The van der Waals surface area contributed by atoms with Crippen molar-refractivity contribution in [2.75, 3.05) is 6.54 Å². The van der Waals surface area contributed by atoms with E-state index in [-0.39, 0.29) is 11.3 Å². The summed E-state index contributed by atoms with van der Waals surface area (Å²) >= 11 is 0. The average molecular weight is 201 g/mol. The maximum absolute atomic E-state index is 10.9. The summed E-state index contributed by atoms with van der Waals surface area (Å²) in [6.07, 6.45) is 3.34. The van der Waals surface area contributed by atoms with Crippen LogP contribution in [-0.4, -0.2) is 17.6 Å². The molecule has 0 rings (SSSR count). The molecule has 0 aromatic rings. The van der Waals surface area contributed by atoms with Crippen molar-refractivity contribution in [2.24, 2.45) is 17.1 Å². The van der Waals surface area contributed by atoms with Gasteiger partial charge in [0.05, 0.1) is 5.92 Å². The number of hydrogen-bond donors (Lipinski definition) is 2. The lowest BCUT2D eigenvalue weighted by molar-refractivity contribution is -0.143. The molecular formula is C11H23NO2. The smallest absolute Gasteiger partial charge is 0.306 e. The predicted octanol–water partition coefficient (Wildman–Crippen LogP) is 2.25. The SMILES string of the molecule is CC(C)(C)CC(CCCCN)C(=O)O. The summed E-state index contributed by atoms with van der Waals surface area (Å²) in [6.45, 7) is 6.88. The van der Waals surface area contributed by atoms with E-state index in [1.165, 1.54) is 0 Å². The van der Waals surface area contributed by atoms with Crippen LogP contribution in [0.2, 0.25) is 0 Å². The number of carboxylic acid groups (broad SMARTS) is 1. The molecule has 84 valence electrons. The molecule has 3 heteroatoms. The number of carbonyl (C=O) groups is 1. The van der Waals surface area contributed by atoms with Crippen LogP contribution in [0, 0.1) is 11.3 Å². The van der Waals surface area contributed by atoms with E-state index in [1.54, 1.807) is 0 Å². The average Bonchev–Trinajstić information content (AvgIpc) is 2.00. The molecule has 0 amide bonds. The summed E-state index contributed by atoms with van der Waals surface area (Å²) in [6, 6.07) is 0. The van der Waals surface area contributed by atoms with Gasteiger partial charge < -0.3 is 10.8 Å². The molecule has 0 radical (unpaired) electrons. The Balaban J connectivity index is 3.97. The Labute approximate surface area is 86.7 Å². The van der Waals surface area contributed by atoms with Crippen molar-refractivity contribution in [1.82, 2.24) is 0 Å². The molecule has 1 atom stereocenters. The molecule has 3 nitrogen and oxygen atoms in total. The minimum Gasteiger partial charge on any atom is -0.481 e. The first-order chi connectivity index (χ1) is 6.37. The van der Waals surface area contributed by atoms with E-state index in [4.69, 9.17) is 10.8 Å². The highest BCUT2D eigenvalue weighted by molar-refractivity contribution is 5.69. The number of rotatable bonds is 6. The van der Waals surface area contributed by atoms with Crippen molar-refractivity contribution >= 4 is 5.97 Å². The van der Waals surface area contributed by atoms with E-state index in [0.29, 0.717) is 6.54 Å². The summed E-state index contributed by atoms with van der Waals surface area (Å²) in [5.41, 5.74) is 5.46. The van der Waals surface area contributed by atoms with E-state index in [2.05, 4.69) is 20.8 Å². The first kappa shape index (κ1) is 13.4. The molecular weight excluding hydrogens is 178 g/mol. The summed E-state index contributed by atoms with van der Waals surface area (Å²) in [5.74, 6) is -0.876. The van der Waals surface area contributed by atoms with Gasteiger partial charge in [-0.25, -0.2) is 0 Å². The van der Waals surface area contributed by atoms with Gasteiger partial charge >= 0.3 is 5.97 Å². The summed E-state index contributed by atoms with van der Waals surface area (Å²) in [4.78, 5) is 10.9. The fourth-order valence-corrected chi connectivity index (χ4v) is 1.59. The van der Waals surface area contributed by atoms with E-state index in [0.717, 1.165) is 25.7 Å². The largest absolute Gasteiger partial charge is 0.481 e. The van der Waals surface area contributed by atoms with Crippen LogP contribution in [0.15, 0.2) is 0 Å². The molecule has 0 bridgehead atoms. The highest BCUT2D eigenvalue weighted by atomic mass is 16.4. The van der Waals surface area contributed by atoms with Crippen LogP contribution in [0.5, 0.6) is 0 Å². The monoisotopic (exact) mass is 201 g/mol. The number of nitrogens with two attached hydrogens (primary N) is 1. The summed E-state index contributed by atoms with van der Waals surface area (Å²) in [5, 5.41) is 9.00. The normalized spacial score (nSPS) is 14.0. The van der Waals surface area contributed by atoms with E-state index < -0.39 is 5.97 Å². The van der Waals surface area contributed by atoms with Crippen LogP contribution in [0.1, 0.15) is 46.5 Å². The number of hydrogen-bond acceptors (Lipinski definition) is 2. The van der Waals surface area contributed by atoms with Gasteiger partial charge in [0.15, 0.2) is 0 Å². The molecule has 14 heavy (non-hydrogen) atoms. The highest BCUT2D eigenvalue weighted by Crippen LogP contribution is 2.27. The molecule has 1 unspecified atom stereocenters. The predicted molar refractivity (Wildman–Crippen MR) is 58.1 cm³/mol. The van der Waals surface area contributed by atoms with Gasteiger partial charge in [0.1, 0.15) is 0 Å². The second-order valence-electron chi connectivity index (χ2n) is 5.08. The van der Waals surface area contributed by atoms with Crippen LogP contribution in [0.25, 0.3) is 0 Å². The maximum Gasteiger partial charge on any atom is 0.306 e. The molecule has 0 heterocycles. The second kappa shape index (κ2) is 6.02. The number of unbranched alkanes of at least 4 members (excludes halogenated alkanes) is 1. The minimum atomic E-state index is -0.669. The van der Waals surface area contributed by atoms with Gasteiger partial charge in [-0.1, -0.05) is 27.2 Å². The Hall–Kier alpha value is -0.570. The zero-order valence-electron chi connectivity index (χ0n) is 9.55. The molecule has 0 spiro atoms. The fourth-order valence-electron chi connectivity index (χ4n) is 1.59. The Morgan fingerprint density at radius 2 is 1.93 bits per heavy atom. The summed E-state index contributed by atoms with van der Waals surface area (Å²) < 4.78 is 0. The molecule has 0 aliphatic rings. The molecule has 0 fully saturated rings. The van der Waals surface area contributed by atoms with Gasteiger partial charge in [-0.2, -0.15) is 0 Å². The van der Waals surface area contributed by atoms with Crippen LogP contribution in [0.4, 0.5) is 0 Å². The van der Waals surface area contributed by atoms with Crippen molar-refractivity contribution < 1.29 is 9.90 Å². The van der Waals surface area contributed by atoms with Crippen LogP contribution in [0.3, 0.4) is 0 Å². The Bertz CT molecular complexity index is 173. The van der Waals surface area contributed by atoms with Crippen molar-refractivity contribution in [3.05, 3.63) is 0 Å². The van der Waals surface area contributed by atoms with Crippen LogP contribution >= 0.6 is 0 Å². The maximum atomic E-state index is 10.9. The first-order valence-electron chi connectivity index (χ1n) is 5.29. The molecule has 3 N–H and O–H groups in total. The third kappa shape index (κ3) is 6.89. The Morgan fingerprint density at radius 3 is 2.29 bits per heavy atom. The first-order valence-corrected chi connectivity index (χ1v) is 5.29. The van der Waals surface area contributed by atoms with Crippen molar-refractivity contribution in [2.45, 2.75) is 46.5 Å². The van der Waals surface area contributed by atoms with Crippen molar-refractivity contribution in [3.63, 3.8) is 0 Å². The zero-order chi connectivity index (χ0) is 11.2. The standard InChI is InChI=1S/C11H23NO2/c1-11(2,3)8-9(10(13)14)6-4-5-7-12/h9H,4-8,12H2,1-3H3,(H,13,14). The van der Waals surface area contributed by atoms with Crippen molar-refractivity contribution in [3.8, 4) is 0 Å². The van der Waals surface area contributed by atoms with Gasteiger partial charge in [0, 0.05) is 0 Å². The van der Waals surface area contributed by atoms with E-state index in [9.17, 15) is 4.79 Å². The highest BCUT2D eigenvalue weighted by Gasteiger charge is 2.23. The molecule has 0 saturated heterocycles. The lowest BCUT2D eigenvalue weighted by Gasteiger charge is -2.23. The lowest BCUT2D eigenvalue weighted by atomic mass is 9.82. The molecule has 0 aliphatic heterocycles. The third-order valence-electron chi connectivity index (χ3n) is 2.21. The molecule has 0 aliphatic carbocycles.